The summed E-state index contributed by atoms with van der Waals surface area (Å²) in [6.45, 7) is 0.419. The molecule has 0 aliphatic heterocycles. The highest BCUT2D eigenvalue weighted by Gasteiger charge is 2.15. The zero-order chi connectivity index (χ0) is 12.7. The molecule has 0 saturated heterocycles. The second kappa shape index (κ2) is 6.59. The van der Waals surface area contributed by atoms with Gasteiger partial charge < -0.3 is 16.2 Å². The Morgan fingerprint density at radius 3 is 2.82 bits per heavy atom. The predicted octanol–water partition coefficient (Wildman–Crippen LogP) is -0.458. The lowest BCUT2D eigenvalue weighted by atomic mass is 10.2. The van der Waals surface area contributed by atoms with Gasteiger partial charge in [-0.05, 0) is 12.1 Å². The molecule has 1 amide bonds. The van der Waals surface area contributed by atoms with E-state index in [1.165, 1.54) is 0 Å². The lowest BCUT2D eigenvalue weighted by Crippen LogP contribution is -2.37. The van der Waals surface area contributed by atoms with Crippen LogP contribution in [0.5, 0.6) is 0 Å². The molecule has 92 valence electrons. The Hall–Kier alpha value is -1.95. The van der Waals surface area contributed by atoms with Gasteiger partial charge in [0.15, 0.2) is 0 Å². The lowest BCUT2D eigenvalue weighted by molar-refractivity contribution is -0.140. The van der Waals surface area contributed by atoms with E-state index in [2.05, 4.69) is 10.3 Å². The van der Waals surface area contributed by atoms with Crippen LogP contribution in [0, 0.1) is 0 Å². The Morgan fingerprint density at radius 2 is 2.24 bits per heavy atom. The summed E-state index contributed by atoms with van der Waals surface area (Å²) in [6.07, 6.45) is 2.07. The minimum Gasteiger partial charge on any atom is -0.480 e. The molecule has 0 spiro atoms. The molecule has 0 fully saturated rings. The SMILES string of the molecule is NC(CC(=O)NCCc1ccccn1)C(=O)O. The quantitative estimate of drug-likeness (QED) is 0.621. The fourth-order valence-electron chi connectivity index (χ4n) is 1.24. The van der Waals surface area contributed by atoms with E-state index in [1.54, 1.807) is 6.20 Å². The van der Waals surface area contributed by atoms with Crippen molar-refractivity contribution < 1.29 is 14.7 Å². The highest BCUT2D eigenvalue weighted by atomic mass is 16.4. The van der Waals surface area contributed by atoms with Crippen molar-refractivity contribution in [1.82, 2.24) is 10.3 Å². The monoisotopic (exact) mass is 237 g/mol. The molecule has 6 heteroatoms. The van der Waals surface area contributed by atoms with Crippen LogP contribution in [0.3, 0.4) is 0 Å². The number of hydrogen-bond donors (Lipinski definition) is 3. The van der Waals surface area contributed by atoms with Crippen molar-refractivity contribution >= 4 is 11.9 Å². The summed E-state index contributed by atoms with van der Waals surface area (Å²) in [5.74, 6) is -1.54. The van der Waals surface area contributed by atoms with Crippen LogP contribution in [0.4, 0.5) is 0 Å². The van der Waals surface area contributed by atoms with E-state index in [9.17, 15) is 9.59 Å². The molecule has 1 aromatic heterocycles. The van der Waals surface area contributed by atoms with Crippen molar-refractivity contribution in [2.45, 2.75) is 18.9 Å². The summed E-state index contributed by atoms with van der Waals surface area (Å²) < 4.78 is 0. The smallest absolute Gasteiger partial charge is 0.321 e. The van der Waals surface area contributed by atoms with Crippen molar-refractivity contribution in [3.05, 3.63) is 30.1 Å². The van der Waals surface area contributed by atoms with Crippen LogP contribution in [0.25, 0.3) is 0 Å². The molecule has 0 saturated carbocycles. The number of carboxylic acid groups (broad SMARTS) is 1. The van der Waals surface area contributed by atoms with Crippen LogP contribution in [0.1, 0.15) is 12.1 Å². The molecule has 6 nitrogen and oxygen atoms in total. The molecule has 1 rings (SSSR count). The number of aliphatic carboxylic acids is 1. The maximum absolute atomic E-state index is 11.3. The zero-order valence-electron chi connectivity index (χ0n) is 9.30. The molecule has 1 unspecified atom stereocenters. The second-order valence-corrected chi connectivity index (χ2v) is 3.57. The molecule has 0 aromatic carbocycles. The Bertz CT molecular complexity index is 381. The summed E-state index contributed by atoms with van der Waals surface area (Å²) in [7, 11) is 0. The largest absolute Gasteiger partial charge is 0.480 e. The molecular formula is C11H15N3O3. The van der Waals surface area contributed by atoms with Crippen LogP contribution >= 0.6 is 0 Å². The number of carboxylic acids is 1. The maximum atomic E-state index is 11.3. The van der Waals surface area contributed by atoms with Gasteiger partial charge in [-0.3, -0.25) is 14.6 Å². The third-order valence-corrected chi connectivity index (χ3v) is 2.15. The molecule has 1 atom stereocenters. The highest BCUT2D eigenvalue weighted by Crippen LogP contribution is 1.94. The van der Waals surface area contributed by atoms with Gasteiger partial charge in [-0.25, -0.2) is 0 Å². The number of aromatic nitrogens is 1. The number of carbonyl (C=O) groups excluding carboxylic acids is 1. The average Bonchev–Trinajstić information content (AvgIpc) is 2.30. The summed E-state index contributed by atoms with van der Waals surface area (Å²) in [5, 5.41) is 11.1. The average molecular weight is 237 g/mol. The Morgan fingerprint density at radius 1 is 1.47 bits per heavy atom. The van der Waals surface area contributed by atoms with E-state index in [0.717, 1.165) is 5.69 Å². The minimum atomic E-state index is -1.18. The molecule has 0 aliphatic rings. The first-order chi connectivity index (χ1) is 8.09. The number of nitrogens with two attached hydrogens (primary N) is 1. The van der Waals surface area contributed by atoms with Gasteiger partial charge in [-0.15, -0.1) is 0 Å². The third-order valence-electron chi connectivity index (χ3n) is 2.15. The Balaban J connectivity index is 2.23. The van der Waals surface area contributed by atoms with E-state index < -0.39 is 12.0 Å². The number of nitrogens with zero attached hydrogens (tertiary/aromatic N) is 1. The van der Waals surface area contributed by atoms with Crippen LogP contribution in [0.2, 0.25) is 0 Å². The van der Waals surface area contributed by atoms with Gasteiger partial charge in [-0.1, -0.05) is 6.07 Å². The first-order valence-corrected chi connectivity index (χ1v) is 5.24. The van der Waals surface area contributed by atoms with Crippen molar-refractivity contribution in [3.8, 4) is 0 Å². The van der Waals surface area contributed by atoms with Crippen LogP contribution in [-0.2, 0) is 16.0 Å². The maximum Gasteiger partial charge on any atom is 0.321 e. The fraction of sp³-hybridized carbons (Fsp3) is 0.364. The van der Waals surface area contributed by atoms with E-state index in [0.29, 0.717) is 13.0 Å². The summed E-state index contributed by atoms with van der Waals surface area (Å²) >= 11 is 0. The zero-order valence-corrected chi connectivity index (χ0v) is 9.30. The summed E-state index contributed by atoms with van der Waals surface area (Å²) in [5.41, 5.74) is 6.10. The molecule has 17 heavy (non-hydrogen) atoms. The van der Waals surface area contributed by atoms with Gasteiger partial charge in [0.05, 0.1) is 6.42 Å². The minimum absolute atomic E-state index is 0.211. The number of hydrogen-bond acceptors (Lipinski definition) is 4. The summed E-state index contributed by atoms with van der Waals surface area (Å²) in [6, 6.07) is 4.39. The third kappa shape index (κ3) is 5.07. The van der Waals surface area contributed by atoms with Crippen LogP contribution < -0.4 is 11.1 Å². The number of rotatable bonds is 6. The van der Waals surface area contributed by atoms with Gasteiger partial charge in [0, 0.05) is 24.9 Å². The van der Waals surface area contributed by atoms with Gasteiger partial charge in [0.2, 0.25) is 5.91 Å². The number of carbonyl (C=O) groups is 2. The fourth-order valence-corrected chi connectivity index (χ4v) is 1.24. The highest BCUT2D eigenvalue weighted by molar-refractivity contribution is 5.84. The van der Waals surface area contributed by atoms with Crippen molar-refractivity contribution in [2.24, 2.45) is 5.73 Å². The molecule has 1 heterocycles. The van der Waals surface area contributed by atoms with E-state index in [4.69, 9.17) is 10.8 Å². The lowest BCUT2D eigenvalue weighted by Gasteiger charge is -2.07. The van der Waals surface area contributed by atoms with E-state index in [1.807, 2.05) is 18.2 Å². The van der Waals surface area contributed by atoms with Crippen LogP contribution in [-0.4, -0.2) is 34.6 Å². The summed E-state index contributed by atoms with van der Waals surface area (Å²) in [4.78, 5) is 25.8. The van der Waals surface area contributed by atoms with Crippen molar-refractivity contribution in [2.75, 3.05) is 6.54 Å². The first-order valence-electron chi connectivity index (χ1n) is 5.24. The van der Waals surface area contributed by atoms with Crippen molar-refractivity contribution in [3.63, 3.8) is 0 Å². The normalized spacial score (nSPS) is 11.8. The molecular weight excluding hydrogens is 222 g/mol. The predicted molar refractivity (Wildman–Crippen MR) is 61.2 cm³/mol. The van der Waals surface area contributed by atoms with Gasteiger partial charge in [-0.2, -0.15) is 0 Å². The molecule has 0 radical (unpaired) electrons. The molecule has 0 bridgehead atoms. The Labute approximate surface area is 98.8 Å². The molecule has 1 aromatic rings. The Kier molecular flexibility index (Phi) is 5.09. The number of pyridine rings is 1. The van der Waals surface area contributed by atoms with Gasteiger partial charge >= 0.3 is 5.97 Å². The first kappa shape index (κ1) is 13.1. The molecule has 4 N–H and O–H groups in total. The van der Waals surface area contributed by atoms with Gasteiger partial charge in [0.25, 0.3) is 0 Å². The van der Waals surface area contributed by atoms with Crippen LogP contribution in [0.15, 0.2) is 24.4 Å². The standard InChI is InChI=1S/C11H15N3O3/c12-9(11(16)17)7-10(15)14-6-4-8-3-1-2-5-13-8/h1-3,5,9H,4,6-7,12H2,(H,14,15)(H,16,17). The topological polar surface area (TPSA) is 105 Å². The molecule has 0 aliphatic carbocycles. The van der Waals surface area contributed by atoms with Crippen molar-refractivity contribution in [1.29, 1.82) is 0 Å². The van der Waals surface area contributed by atoms with Gasteiger partial charge in [0.1, 0.15) is 6.04 Å². The van der Waals surface area contributed by atoms with E-state index in [-0.39, 0.29) is 12.3 Å². The number of amides is 1. The number of nitrogens with one attached hydrogen (secondary N) is 1. The second-order valence-electron chi connectivity index (χ2n) is 3.57. The van der Waals surface area contributed by atoms with E-state index >= 15 is 0 Å².